The average molecular weight is 376 g/mol. The molecule has 0 unspecified atom stereocenters. The highest BCUT2D eigenvalue weighted by molar-refractivity contribution is 7.99. The molecule has 3 rings (SSSR count). The zero-order chi connectivity index (χ0) is 19.2. The quantitative estimate of drug-likeness (QED) is 0.823. The first kappa shape index (κ1) is 18.5. The van der Waals surface area contributed by atoms with Crippen molar-refractivity contribution in [1.29, 1.82) is 10.5 Å². The van der Waals surface area contributed by atoms with Gasteiger partial charge in [-0.05, 0) is 23.6 Å². The third-order valence-corrected chi connectivity index (χ3v) is 5.36. The van der Waals surface area contributed by atoms with Crippen LogP contribution in [-0.2, 0) is 4.79 Å². The first-order valence-corrected chi connectivity index (χ1v) is 9.42. The lowest BCUT2D eigenvalue weighted by Crippen LogP contribution is -2.36. The zero-order valence-electron chi connectivity index (χ0n) is 14.6. The lowest BCUT2D eigenvalue weighted by molar-refractivity contribution is -0.410. The van der Waals surface area contributed by atoms with Crippen LogP contribution in [0, 0.1) is 22.7 Å². The largest absolute Gasteiger partial charge is 0.338 e. The van der Waals surface area contributed by atoms with Gasteiger partial charge in [0, 0.05) is 13.1 Å². The molecule has 134 valence electrons. The number of aromatic nitrogens is 1. The van der Waals surface area contributed by atoms with Crippen LogP contribution in [0.4, 0.5) is 5.82 Å². The Balaban J connectivity index is 1.63. The number of benzene rings is 1. The molecule has 27 heavy (non-hydrogen) atoms. The number of pyridine rings is 1. The summed E-state index contributed by atoms with van der Waals surface area (Å²) in [6, 6.07) is 15.6. The maximum atomic E-state index is 12.5. The molecule has 1 amide bonds. The number of carbonyl (C=O) groups is 1. The zero-order valence-corrected chi connectivity index (χ0v) is 15.4. The number of amides is 1. The Morgan fingerprint density at radius 1 is 1.22 bits per heavy atom. The summed E-state index contributed by atoms with van der Waals surface area (Å²) in [7, 11) is 0. The summed E-state index contributed by atoms with van der Waals surface area (Å²) in [5.41, 5.74) is 8.75. The Bertz CT molecular complexity index is 972. The van der Waals surface area contributed by atoms with Gasteiger partial charge in [0.05, 0.1) is 5.75 Å². The highest BCUT2D eigenvalue weighted by Gasteiger charge is 2.20. The summed E-state index contributed by atoms with van der Waals surface area (Å²) in [6.45, 7) is 1.25. The molecule has 1 aromatic heterocycles. The van der Waals surface area contributed by atoms with Gasteiger partial charge in [-0.1, -0.05) is 48.2 Å². The Labute approximate surface area is 161 Å². The standard InChI is InChI=1S/C20H17N5OS/c21-11-16-10-17(12-22)20(24-19(16)23)27-13-18(26)25-8-6-15(7-9-25)14-4-2-1-3-5-14/h1-6,10H,7-9,13H2,(H2,23,24)/p+1. The fraction of sp³-hybridized carbons (Fsp3) is 0.200. The monoisotopic (exact) mass is 376 g/mol. The first-order valence-electron chi connectivity index (χ1n) is 8.43. The molecule has 2 heterocycles. The van der Waals surface area contributed by atoms with Gasteiger partial charge in [0.25, 0.3) is 5.82 Å². The van der Waals surface area contributed by atoms with Gasteiger partial charge in [-0.15, -0.1) is 0 Å². The van der Waals surface area contributed by atoms with Crippen LogP contribution in [0.15, 0.2) is 47.5 Å². The number of nitrogens with zero attached hydrogens (tertiary/aromatic N) is 3. The number of nitrogen functional groups attached to an aromatic ring is 1. The van der Waals surface area contributed by atoms with Gasteiger partial charge in [0.2, 0.25) is 5.91 Å². The smallest absolute Gasteiger partial charge is 0.289 e. The van der Waals surface area contributed by atoms with Gasteiger partial charge in [0.15, 0.2) is 5.03 Å². The van der Waals surface area contributed by atoms with Gasteiger partial charge in [-0.2, -0.15) is 10.5 Å². The van der Waals surface area contributed by atoms with Crippen molar-refractivity contribution in [2.45, 2.75) is 11.4 Å². The van der Waals surface area contributed by atoms with Gasteiger partial charge >= 0.3 is 0 Å². The Morgan fingerprint density at radius 3 is 2.59 bits per heavy atom. The van der Waals surface area contributed by atoms with Gasteiger partial charge in [0.1, 0.15) is 23.3 Å². The fourth-order valence-electron chi connectivity index (χ4n) is 2.87. The number of nitrogens with one attached hydrogen (secondary N) is 1. The summed E-state index contributed by atoms with van der Waals surface area (Å²) in [6.07, 6.45) is 2.91. The van der Waals surface area contributed by atoms with E-state index < -0.39 is 0 Å². The van der Waals surface area contributed by atoms with Crippen molar-refractivity contribution in [2.75, 3.05) is 24.6 Å². The van der Waals surface area contributed by atoms with Crippen LogP contribution in [0.5, 0.6) is 0 Å². The van der Waals surface area contributed by atoms with Crippen LogP contribution in [0.25, 0.3) is 5.57 Å². The number of nitriles is 2. The van der Waals surface area contributed by atoms with E-state index in [9.17, 15) is 10.1 Å². The second-order valence-corrected chi connectivity index (χ2v) is 7.02. The molecule has 0 radical (unpaired) electrons. The number of H-pyrrole nitrogens is 1. The van der Waals surface area contributed by atoms with Crippen molar-refractivity contribution in [3.8, 4) is 12.1 Å². The molecule has 0 saturated heterocycles. The molecule has 7 heteroatoms. The highest BCUT2D eigenvalue weighted by atomic mass is 32.2. The molecule has 0 aliphatic carbocycles. The van der Waals surface area contributed by atoms with E-state index in [1.165, 1.54) is 29.0 Å². The minimum Gasteiger partial charge on any atom is -0.338 e. The second kappa shape index (κ2) is 8.39. The first-order chi connectivity index (χ1) is 13.1. The summed E-state index contributed by atoms with van der Waals surface area (Å²) >= 11 is 1.22. The summed E-state index contributed by atoms with van der Waals surface area (Å²) in [5, 5.41) is 18.7. The molecule has 3 N–H and O–H groups in total. The van der Waals surface area contributed by atoms with E-state index in [1.54, 1.807) is 4.90 Å². The van der Waals surface area contributed by atoms with E-state index in [0.717, 1.165) is 6.42 Å². The number of thioether (sulfide) groups is 1. The molecule has 0 spiro atoms. The minimum absolute atomic E-state index is 0.00332. The van der Waals surface area contributed by atoms with Crippen LogP contribution in [-0.4, -0.2) is 29.6 Å². The number of carbonyl (C=O) groups excluding carboxylic acids is 1. The molecule has 1 aliphatic heterocycles. The number of hydrogen-bond acceptors (Lipinski definition) is 5. The predicted octanol–water partition coefficient (Wildman–Crippen LogP) is 2.23. The van der Waals surface area contributed by atoms with E-state index in [0.29, 0.717) is 23.7 Å². The van der Waals surface area contributed by atoms with Crippen LogP contribution < -0.4 is 10.7 Å². The van der Waals surface area contributed by atoms with Crippen molar-refractivity contribution in [3.05, 3.63) is 59.2 Å². The van der Waals surface area contributed by atoms with Crippen molar-refractivity contribution < 1.29 is 9.78 Å². The Morgan fingerprint density at radius 2 is 1.96 bits per heavy atom. The maximum absolute atomic E-state index is 12.5. The van der Waals surface area contributed by atoms with E-state index in [4.69, 9.17) is 11.0 Å². The molecule has 2 aromatic rings. The van der Waals surface area contributed by atoms with Crippen LogP contribution >= 0.6 is 11.8 Å². The molecule has 0 fully saturated rings. The molecule has 1 aromatic carbocycles. The predicted molar refractivity (Wildman–Crippen MR) is 103 cm³/mol. The van der Waals surface area contributed by atoms with Crippen LogP contribution in [0.3, 0.4) is 0 Å². The lowest BCUT2D eigenvalue weighted by atomic mass is 10.00. The highest BCUT2D eigenvalue weighted by Crippen LogP contribution is 2.24. The van der Waals surface area contributed by atoms with Crippen molar-refractivity contribution in [3.63, 3.8) is 0 Å². The number of anilines is 1. The van der Waals surface area contributed by atoms with E-state index in [2.05, 4.69) is 23.2 Å². The van der Waals surface area contributed by atoms with E-state index in [-0.39, 0.29) is 23.0 Å². The molecule has 6 nitrogen and oxygen atoms in total. The SMILES string of the molecule is N#Cc1cc(C#N)c(SCC(=O)N2CC=C(c3ccccc3)CC2)[nH+]c1N. The van der Waals surface area contributed by atoms with E-state index in [1.807, 2.05) is 30.3 Å². The summed E-state index contributed by atoms with van der Waals surface area (Å²) in [4.78, 5) is 17.2. The minimum atomic E-state index is 0.00332. The number of hydrogen-bond donors (Lipinski definition) is 1. The molecule has 0 bridgehead atoms. The molecule has 1 aliphatic rings. The Kier molecular flexibility index (Phi) is 5.75. The topological polar surface area (TPSA) is 108 Å². The third kappa shape index (κ3) is 4.28. The lowest BCUT2D eigenvalue weighted by Gasteiger charge is -2.26. The fourth-order valence-corrected chi connectivity index (χ4v) is 3.76. The second-order valence-electron chi connectivity index (χ2n) is 6.04. The molecule has 0 saturated carbocycles. The number of nitrogens with two attached hydrogens (primary N) is 1. The third-order valence-electron chi connectivity index (χ3n) is 4.36. The number of aromatic amines is 1. The normalized spacial score (nSPS) is 13.4. The molecular formula is C20H18N5OS+. The van der Waals surface area contributed by atoms with Crippen molar-refractivity contribution >= 4 is 29.1 Å². The summed E-state index contributed by atoms with van der Waals surface area (Å²) < 4.78 is 0. The maximum Gasteiger partial charge on any atom is 0.289 e. The van der Waals surface area contributed by atoms with Gasteiger partial charge < -0.3 is 4.90 Å². The van der Waals surface area contributed by atoms with Crippen LogP contribution in [0.2, 0.25) is 0 Å². The van der Waals surface area contributed by atoms with Gasteiger partial charge in [-0.3, -0.25) is 10.5 Å². The van der Waals surface area contributed by atoms with Gasteiger partial charge in [-0.25, -0.2) is 4.98 Å². The van der Waals surface area contributed by atoms with Crippen molar-refractivity contribution in [1.82, 2.24) is 4.90 Å². The van der Waals surface area contributed by atoms with Crippen LogP contribution in [0.1, 0.15) is 23.1 Å². The number of rotatable bonds is 4. The van der Waals surface area contributed by atoms with Crippen molar-refractivity contribution in [2.24, 2.45) is 0 Å². The van der Waals surface area contributed by atoms with E-state index >= 15 is 0 Å². The summed E-state index contributed by atoms with van der Waals surface area (Å²) in [5.74, 6) is 0.397. The Hall–Kier alpha value is -3.29. The average Bonchev–Trinajstić information content (AvgIpc) is 2.72. The molecule has 0 atom stereocenters. The molecular weight excluding hydrogens is 358 g/mol.